The van der Waals surface area contributed by atoms with Gasteiger partial charge in [-0.05, 0) is 42.0 Å². The summed E-state index contributed by atoms with van der Waals surface area (Å²) in [6, 6.07) is 6.61. The van der Waals surface area contributed by atoms with Gasteiger partial charge in [0.25, 0.3) is 0 Å². The molecule has 1 aromatic rings. The largest absolute Gasteiger partial charge is 1.00 e. The van der Waals surface area contributed by atoms with Crippen LogP contribution in [-0.2, 0) is 4.74 Å². The van der Waals surface area contributed by atoms with E-state index in [1.165, 1.54) is 25.3 Å². The molecule has 2 N–H and O–H groups in total. The number of allylic oxidation sites excluding steroid dienone is 1. The Morgan fingerprint density at radius 1 is 1.23 bits per heavy atom. The second-order valence-corrected chi connectivity index (χ2v) is 8.70. The van der Waals surface area contributed by atoms with E-state index in [1.54, 1.807) is 12.1 Å². The summed E-state index contributed by atoms with van der Waals surface area (Å²) >= 11 is 0. The Morgan fingerprint density at radius 3 is 2.73 bits per heavy atom. The Bertz CT molecular complexity index is 799. The second-order valence-electron chi connectivity index (χ2n) is 8.70. The van der Waals surface area contributed by atoms with Gasteiger partial charge < -0.3 is 24.9 Å². The van der Waals surface area contributed by atoms with Crippen LogP contribution in [0.25, 0.3) is 6.08 Å². The number of hydrogen-bond donors (Lipinski definition) is 2. The van der Waals surface area contributed by atoms with Crippen LogP contribution in [-0.4, -0.2) is 34.5 Å². The Balaban J connectivity index is 0.00000256. The summed E-state index contributed by atoms with van der Waals surface area (Å²) in [5, 5.41) is 32.1. The summed E-state index contributed by atoms with van der Waals surface area (Å²) in [6.45, 7) is 0. The number of rotatable bonds is 5. The molecule has 1 aromatic carbocycles. The quantitative estimate of drug-likeness (QED) is 0.503. The first-order chi connectivity index (χ1) is 14.0. The standard InChI is InChI=1S/C24H30O5.Na/c25-21(16-6-2-1-3-7-16)10-9-19-20-13-18(29-23(20)14-22(19)26)12-15-5-4-8-17(11-15)24(27)28;/h4-5,8-12,16,19-23,25-26H,1-3,6-7,13-14H2,(H,27,28);/q;+1/p-1/b10-9+,18-12?;/t19-,20-,21-,22-,23+;/m1./s1. The molecule has 1 heterocycles. The molecule has 0 aromatic heterocycles. The van der Waals surface area contributed by atoms with Gasteiger partial charge >= 0.3 is 29.6 Å². The number of benzene rings is 1. The average molecular weight is 420 g/mol. The van der Waals surface area contributed by atoms with Crippen molar-refractivity contribution in [1.29, 1.82) is 0 Å². The van der Waals surface area contributed by atoms with E-state index in [0.29, 0.717) is 18.8 Å². The van der Waals surface area contributed by atoms with Crippen molar-refractivity contribution in [3.63, 3.8) is 0 Å². The molecular formula is C24H29NaO5. The maximum Gasteiger partial charge on any atom is 1.00 e. The number of hydrogen-bond acceptors (Lipinski definition) is 5. The molecule has 0 bridgehead atoms. The predicted octanol–water partition coefficient (Wildman–Crippen LogP) is -0.322. The molecule has 2 saturated carbocycles. The van der Waals surface area contributed by atoms with Gasteiger partial charge in [0.1, 0.15) is 6.10 Å². The van der Waals surface area contributed by atoms with Crippen molar-refractivity contribution in [3.8, 4) is 0 Å². The van der Waals surface area contributed by atoms with Crippen LogP contribution in [0.3, 0.4) is 0 Å². The van der Waals surface area contributed by atoms with Gasteiger partial charge in [0.2, 0.25) is 0 Å². The van der Waals surface area contributed by atoms with E-state index in [-0.39, 0.29) is 53.1 Å². The molecule has 0 unspecified atom stereocenters. The number of aliphatic hydroxyl groups is 2. The molecule has 30 heavy (non-hydrogen) atoms. The summed E-state index contributed by atoms with van der Waals surface area (Å²) in [6.07, 6.45) is 11.9. The normalized spacial score (nSPS) is 31.3. The van der Waals surface area contributed by atoms with Crippen molar-refractivity contribution in [1.82, 2.24) is 0 Å². The van der Waals surface area contributed by atoms with Gasteiger partial charge in [-0.1, -0.05) is 49.6 Å². The smallest absolute Gasteiger partial charge is 0.545 e. The van der Waals surface area contributed by atoms with Crippen LogP contribution in [0.5, 0.6) is 0 Å². The molecule has 5 nitrogen and oxygen atoms in total. The SMILES string of the molecule is O=C([O-])c1cccc(C=C2C[C@@H]3[C@@H](/C=C/[C@@H](O)C4CCCCC4)[C@H](O)C[C@@H]3O2)c1.[Na+]. The van der Waals surface area contributed by atoms with Crippen LogP contribution in [0.1, 0.15) is 60.9 Å². The summed E-state index contributed by atoms with van der Waals surface area (Å²) in [4.78, 5) is 11.1. The molecule has 6 heteroatoms. The summed E-state index contributed by atoms with van der Waals surface area (Å²) in [5.74, 6) is 0.0997. The molecule has 1 aliphatic heterocycles. The molecule has 0 amide bonds. The van der Waals surface area contributed by atoms with Crippen molar-refractivity contribution < 1.29 is 54.4 Å². The maximum atomic E-state index is 11.1. The number of carboxylic acids is 1. The zero-order chi connectivity index (χ0) is 20.4. The van der Waals surface area contributed by atoms with Gasteiger partial charge in [-0.2, -0.15) is 0 Å². The van der Waals surface area contributed by atoms with Gasteiger partial charge in [0.05, 0.1) is 23.9 Å². The first-order valence-corrected chi connectivity index (χ1v) is 10.7. The number of carboxylic acid groups (broad SMARTS) is 1. The van der Waals surface area contributed by atoms with E-state index in [4.69, 9.17) is 4.74 Å². The van der Waals surface area contributed by atoms with Crippen molar-refractivity contribution in [3.05, 3.63) is 53.3 Å². The Kier molecular flexibility index (Phi) is 8.22. The second kappa shape index (κ2) is 10.5. The number of ether oxygens (including phenoxy) is 1. The third-order valence-electron chi connectivity index (χ3n) is 6.74. The maximum absolute atomic E-state index is 11.1. The minimum absolute atomic E-state index is 0. The molecule has 0 spiro atoms. The van der Waals surface area contributed by atoms with Gasteiger partial charge in [0.15, 0.2) is 0 Å². The molecule has 3 fully saturated rings. The monoisotopic (exact) mass is 420 g/mol. The molecular weight excluding hydrogens is 391 g/mol. The van der Waals surface area contributed by atoms with E-state index in [1.807, 2.05) is 24.3 Å². The third kappa shape index (κ3) is 5.38. The number of carbonyl (C=O) groups is 1. The van der Waals surface area contributed by atoms with Crippen molar-refractivity contribution in [2.75, 3.05) is 0 Å². The van der Waals surface area contributed by atoms with Gasteiger partial charge in [-0.15, -0.1) is 0 Å². The molecule has 156 valence electrons. The van der Waals surface area contributed by atoms with E-state index in [2.05, 4.69) is 0 Å². The van der Waals surface area contributed by atoms with Crippen LogP contribution in [0.15, 0.2) is 42.2 Å². The van der Waals surface area contributed by atoms with E-state index in [9.17, 15) is 20.1 Å². The minimum atomic E-state index is -1.20. The molecule has 3 aliphatic rings. The number of aromatic carboxylic acids is 1. The zero-order valence-corrected chi connectivity index (χ0v) is 19.6. The van der Waals surface area contributed by atoms with Crippen LogP contribution < -0.4 is 34.7 Å². The topological polar surface area (TPSA) is 89.8 Å². The first-order valence-electron chi connectivity index (χ1n) is 10.7. The van der Waals surface area contributed by atoms with E-state index in [0.717, 1.165) is 24.2 Å². The summed E-state index contributed by atoms with van der Waals surface area (Å²) in [7, 11) is 0. The Morgan fingerprint density at radius 2 is 2.00 bits per heavy atom. The Labute approximate surface area is 200 Å². The fraction of sp³-hybridized carbons (Fsp3) is 0.542. The number of aliphatic hydroxyl groups excluding tert-OH is 2. The zero-order valence-electron chi connectivity index (χ0n) is 17.6. The van der Waals surface area contributed by atoms with E-state index >= 15 is 0 Å². The van der Waals surface area contributed by atoms with Gasteiger partial charge in [-0.3, -0.25) is 0 Å². The van der Waals surface area contributed by atoms with E-state index < -0.39 is 18.2 Å². The number of fused-ring (bicyclic) bond motifs is 1. The molecule has 1 saturated heterocycles. The third-order valence-corrected chi connectivity index (χ3v) is 6.74. The van der Waals surface area contributed by atoms with Crippen LogP contribution >= 0.6 is 0 Å². The van der Waals surface area contributed by atoms with Crippen molar-refractivity contribution in [2.45, 2.75) is 63.3 Å². The Hall–Kier alpha value is -1.11. The summed E-state index contributed by atoms with van der Waals surface area (Å²) < 4.78 is 6.06. The van der Waals surface area contributed by atoms with Gasteiger partial charge in [0, 0.05) is 24.7 Å². The molecule has 0 radical (unpaired) electrons. The molecule has 5 atom stereocenters. The average Bonchev–Trinajstić information content (AvgIpc) is 3.23. The number of carbonyl (C=O) groups excluding carboxylic acids is 1. The molecule has 2 aliphatic carbocycles. The fourth-order valence-electron chi connectivity index (χ4n) is 5.16. The predicted molar refractivity (Wildman–Crippen MR) is 108 cm³/mol. The van der Waals surface area contributed by atoms with Gasteiger partial charge in [-0.25, -0.2) is 0 Å². The first kappa shape index (κ1) is 23.6. The van der Waals surface area contributed by atoms with Crippen molar-refractivity contribution in [2.24, 2.45) is 17.8 Å². The van der Waals surface area contributed by atoms with Crippen LogP contribution in [0.4, 0.5) is 0 Å². The minimum Gasteiger partial charge on any atom is -0.545 e. The van der Waals surface area contributed by atoms with Crippen LogP contribution in [0.2, 0.25) is 0 Å². The van der Waals surface area contributed by atoms with Crippen molar-refractivity contribution >= 4 is 12.0 Å². The molecule has 4 rings (SSSR count). The fourth-order valence-corrected chi connectivity index (χ4v) is 5.16. The van der Waals surface area contributed by atoms with Crippen LogP contribution in [0, 0.1) is 17.8 Å². The summed E-state index contributed by atoms with van der Waals surface area (Å²) in [5.41, 5.74) is 0.910.